The molecule has 0 radical (unpaired) electrons. The zero-order valence-electron chi connectivity index (χ0n) is 11.8. The molecule has 1 aromatic heterocycles. The summed E-state index contributed by atoms with van der Waals surface area (Å²) in [7, 11) is 3.28. The lowest BCUT2D eigenvalue weighted by atomic mass is 9.83. The van der Waals surface area contributed by atoms with E-state index < -0.39 is 0 Å². The Kier molecular flexibility index (Phi) is 4.15. The van der Waals surface area contributed by atoms with E-state index in [-0.39, 0.29) is 6.29 Å². The number of hydrogen-bond acceptors (Lipinski definition) is 4. The topological polar surface area (TPSA) is 31.4 Å². The molecule has 0 fully saturated rings. The van der Waals surface area contributed by atoms with Crippen LogP contribution in [0.1, 0.15) is 46.9 Å². The monoisotopic (exact) mass is 289 g/mol. The largest absolute Gasteiger partial charge is 0.350 e. The summed E-state index contributed by atoms with van der Waals surface area (Å²) in [5, 5.41) is 3.22. The smallest absolute Gasteiger partial charge is 0.201 e. The molecular formula is C16H19NO2S. The average molecular weight is 289 g/mol. The summed E-state index contributed by atoms with van der Waals surface area (Å²) in [5.74, 6) is 0.424. The molecule has 1 aromatic carbocycles. The fraction of sp³-hybridized carbons (Fsp3) is 0.438. The number of fused-ring (bicyclic) bond motifs is 1. The Hall–Kier alpha value is -1.23. The van der Waals surface area contributed by atoms with Gasteiger partial charge in [0.2, 0.25) is 6.29 Å². The van der Waals surface area contributed by atoms with Crippen molar-refractivity contribution in [2.75, 3.05) is 14.2 Å². The van der Waals surface area contributed by atoms with Crippen molar-refractivity contribution < 1.29 is 9.47 Å². The van der Waals surface area contributed by atoms with Crippen LogP contribution in [0.5, 0.6) is 0 Å². The van der Waals surface area contributed by atoms with Crippen molar-refractivity contribution in [2.45, 2.75) is 31.5 Å². The highest BCUT2D eigenvalue weighted by Crippen LogP contribution is 2.38. The minimum atomic E-state index is -0.362. The fourth-order valence-electron chi connectivity index (χ4n) is 2.92. The molecule has 0 bridgehead atoms. The highest BCUT2D eigenvalue weighted by molar-refractivity contribution is 7.09. The van der Waals surface area contributed by atoms with E-state index in [9.17, 15) is 0 Å². The van der Waals surface area contributed by atoms with E-state index in [0.29, 0.717) is 5.92 Å². The number of benzene rings is 1. The van der Waals surface area contributed by atoms with Crippen LogP contribution < -0.4 is 0 Å². The van der Waals surface area contributed by atoms with E-state index in [1.54, 1.807) is 25.6 Å². The molecule has 0 saturated heterocycles. The maximum atomic E-state index is 5.28. The van der Waals surface area contributed by atoms with E-state index in [0.717, 1.165) is 5.69 Å². The van der Waals surface area contributed by atoms with Crippen LogP contribution >= 0.6 is 11.3 Å². The molecule has 0 amide bonds. The molecule has 2 aromatic rings. The van der Waals surface area contributed by atoms with E-state index >= 15 is 0 Å². The van der Waals surface area contributed by atoms with Gasteiger partial charge in [-0.25, -0.2) is 4.98 Å². The van der Waals surface area contributed by atoms with E-state index in [1.807, 2.05) is 5.38 Å². The summed E-state index contributed by atoms with van der Waals surface area (Å²) in [5.41, 5.74) is 3.78. The van der Waals surface area contributed by atoms with Crippen LogP contribution in [0.15, 0.2) is 29.6 Å². The molecule has 0 saturated carbocycles. The Morgan fingerprint density at radius 3 is 2.85 bits per heavy atom. The molecule has 4 heteroatoms. The van der Waals surface area contributed by atoms with Gasteiger partial charge in [-0.15, -0.1) is 11.3 Å². The lowest BCUT2D eigenvalue weighted by Gasteiger charge is -2.23. The molecule has 1 atom stereocenters. The van der Waals surface area contributed by atoms with E-state index in [4.69, 9.17) is 14.5 Å². The van der Waals surface area contributed by atoms with Gasteiger partial charge in [0.15, 0.2) is 0 Å². The first-order valence-corrected chi connectivity index (χ1v) is 7.80. The van der Waals surface area contributed by atoms with Crippen molar-refractivity contribution in [3.8, 4) is 0 Å². The predicted octanol–water partition coefficient (Wildman–Crippen LogP) is 3.90. The van der Waals surface area contributed by atoms with Crippen LogP contribution in [0.4, 0.5) is 0 Å². The van der Waals surface area contributed by atoms with Gasteiger partial charge in [0.1, 0.15) is 10.7 Å². The zero-order valence-corrected chi connectivity index (χ0v) is 12.7. The standard InChI is InChI=1S/C16H19NO2S/c1-18-16(19-2)14-10-20-15(17-14)13-9-5-7-11-6-3-4-8-12(11)13/h3-4,6,8,10,13,16H,5,7,9H2,1-2H3. The van der Waals surface area contributed by atoms with Crippen LogP contribution in [0, 0.1) is 0 Å². The molecule has 3 rings (SSSR count). The number of rotatable bonds is 4. The van der Waals surface area contributed by atoms with Crippen molar-refractivity contribution in [2.24, 2.45) is 0 Å². The first-order chi connectivity index (χ1) is 9.83. The molecule has 1 heterocycles. The molecule has 0 aliphatic heterocycles. The average Bonchev–Trinajstić information content (AvgIpc) is 2.97. The molecule has 0 N–H and O–H groups in total. The third-order valence-electron chi connectivity index (χ3n) is 3.88. The fourth-order valence-corrected chi connectivity index (χ4v) is 3.89. The molecule has 0 spiro atoms. The number of aromatic nitrogens is 1. The maximum absolute atomic E-state index is 5.28. The van der Waals surface area contributed by atoms with Gasteiger partial charge >= 0.3 is 0 Å². The number of nitrogens with zero attached hydrogens (tertiary/aromatic N) is 1. The number of hydrogen-bond donors (Lipinski definition) is 0. The van der Waals surface area contributed by atoms with Crippen LogP contribution in [-0.2, 0) is 15.9 Å². The Morgan fingerprint density at radius 2 is 2.05 bits per heavy atom. The molecule has 106 valence electrons. The van der Waals surface area contributed by atoms with Crippen LogP contribution in [0.25, 0.3) is 0 Å². The lowest BCUT2D eigenvalue weighted by molar-refractivity contribution is -0.108. The van der Waals surface area contributed by atoms with E-state index in [2.05, 4.69) is 24.3 Å². The van der Waals surface area contributed by atoms with Crippen molar-refractivity contribution in [3.63, 3.8) is 0 Å². The number of aryl methyl sites for hydroxylation is 1. The number of thiazole rings is 1. The quantitative estimate of drug-likeness (QED) is 0.800. The van der Waals surface area contributed by atoms with Gasteiger partial charge < -0.3 is 9.47 Å². The third-order valence-corrected chi connectivity index (χ3v) is 4.85. The van der Waals surface area contributed by atoms with E-state index in [1.165, 1.54) is 35.4 Å². The first kappa shape index (κ1) is 13.7. The van der Waals surface area contributed by atoms with Gasteiger partial charge in [0, 0.05) is 25.5 Å². The minimum absolute atomic E-state index is 0.362. The molecular weight excluding hydrogens is 270 g/mol. The van der Waals surface area contributed by atoms with Crippen LogP contribution in [-0.4, -0.2) is 19.2 Å². The zero-order chi connectivity index (χ0) is 13.9. The summed E-state index contributed by atoms with van der Waals surface area (Å²) in [6, 6.07) is 8.73. The Bertz CT molecular complexity index is 577. The highest BCUT2D eigenvalue weighted by Gasteiger charge is 2.25. The second kappa shape index (κ2) is 6.04. The summed E-state index contributed by atoms with van der Waals surface area (Å²) < 4.78 is 10.6. The molecule has 20 heavy (non-hydrogen) atoms. The highest BCUT2D eigenvalue weighted by atomic mass is 32.1. The minimum Gasteiger partial charge on any atom is -0.350 e. The summed E-state index contributed by atoms with van der Waals surface area (Å²) in [4.78, 5) is 4.74. The number of ether oxygens (including phenoxy) is 2. The predicted molar refractivity (Wildman–Crippen MR) is 80.1 cm³/mol. The summed E-state index contributed by atoms with van der Waals surface area (Å²) >= 11 is 1.71. The van der Waals surface area contributed by atoms with Crippen molar-refractivity contribution in [1.82, 2.24) is 4.98 Å². The summed E-state index contributed by atoms with van der Waals surface area (Å²) in [6.07, 6.45) is 3.23. The Balaban J connectivity index is 1.91. The molecule has 3 nitrogen and oxygen atoms in total. The van der Waals surface area contributed by atoms with Crippen molar-refractivity contribution in [1.29, 1.82) is 0 Å². The summed E-state index contributed by atoms with van der Waals surface area (Å²) in [6.45, 7) is 0. The molecule has 1 aliphatic rings. The SMILES string of the molecule is COC(OC)c1csc(C2CCCc3ccccc32)n1. The van der Waals surface area contributed by atoms with Gasteiger partial charge in [-0.05, 0) is 30.4 Å². The first-order valence-electron chi connectivity index (χ1n) is 6.92. The van der Waals surface area contributed by atoms with Crippen LogP contribution in [0.3, 0.4) is 0 Å². The van der Waals surface area contributed by atoms with Crippen LogP contribution in [0.2, 0.25) is 0 Å². The number of methoxy groups -OCH3 is 2. The van der Waals surface area contributed by atoms with Crippen molar-refractivity contribution in [3.05, 3.63) is 51.5 Å². The second-order valence-electron chi connectivity index (χ2n) is 5.06. The third kappa shape index (κ3) is 2.51. The Labute approximate surface area is 123 Å². The Morgan fingerprint density at radius 1 is 1.25 bits per heavy atom. The van der Waals surface area contributed by atoms with Gasteiger partial charge in [-0.3, -0.25) is 0 Å². The van der Waals surface area contributed by atoms with Gasteiger partial charge in [-0.2, -0.15) is 0 Å². The second-order valence-corrected chi connectivity index (χ2v) is 5.95. The lowest BCUT2D eigenvalue weighted by Crippen LogP contribution is -2.11. The van der Waals surface area contributed by atoms with Gasteiger partial charge in [-0.1, -0.05) is 24.3 Å². The normalized spacial score (nSPS) is 18.2. The van der Waals surface area contributed by atoms with Crippen molar-refractivity contribution >= 4 is 11.3 Å². The van der Waals surface area contributed by atoms with Gasteiger partial charge in [0.25, 0.3) is 0 Å². The van der Waals surface area contributed by atoms with Gasteiger partial charge in [0.05, 0.1) is 0 Å². The molecule has 1 unspecified atom stereocenters. The molecule has 1 aliphatic carbocycles. The maximum Gasteiger partial charge on any atom is 0.201 e.